The number of aliphatic hydroxyl groups excluding tert-OH is 1. The zero-order chi connectivity index (χ0) is 26.5. The Labute approximate surface area is 218 Å². The van der Waals surface area contributed by atoms with Crippen LogP contribution in [-0.4, -0.2) is 30.5 Å². The lowest BCUT2D eigenvalue weighted by Gasteiger charge is -2.27. The first-order chi connectivity index (χ1) is 17.8. The number of unbranched alkanes of at least 4 members (excludes halogenated alkanes) is 2. The van der Waals surface area contributed by atoms with E-state index in [4.69, 9.17) is 9.47 Å². The zero-order valence-corrected chi connectivity index (χ0v) is 21.8. The molecule has 0 spiro atoms. The van der Waals surface area contributed by atoms with Gasteiger partial charge in [0.2, 0.25) is 0 Å². The lowest BCUT2D eigenvalue weighted by Crippen LogP contribution is -2.30. The SMILES string of the molecule is CCCCCOc1ccc(/C(O)=C2\C(=O)C(=O)N(c3cc(C)ccc3C)C2c2ccc(OC)cc2)cc1. The molecule has 0 radical (unpaired) electrons. The first-order valence-electron chi connectivity index (χ1n) is 12.6. The Morgan fingerprint density at radius 1 is 0.919 bits per heavy atom. The van der Waals surface area contributed by atoms with Crippen LogP contribution in [0, 0.1) is 13.8 Å². The van der Waals surface area contributed by atoms with Crippen LogP contribution in [0.15, 0.2) is 72.3 Å². The van der Waals surface area contributed by atoms with Gasteiger partial charge >= 0.3 is 0 Å². The van der Waals surface area contributed by atoms with Gasteiger partial charge in [0.05, 0.1) is 25.3 Å². The third kappa shape index (κ3) is 5.38. The number of aliphatic hydroxyl groups is 1. The van der Waals surface area contributed by atoms with Gasteiger partial charge in [-0.25, -0.2) is 0 Å². The largest absolute Gasteiger partial charge is 0.507 e. The average molecular weight is 500 g/mol. The minimum Gasteiger partial charge on any atom is -0.507 e. The fourth-order valence-electron chi connectivity index (χ4n) is 4.57. The number of Topliss-reactive ketones (excluding diaryl/α,β-unsaturated/α-hetero) is 1. The van der Waals surface area contributed by atoms with E-state index in [0.717, 1.165) is 30.4 Å². The molecule has 1 fully saturated rings. The first-order valence-corrected chi connectivity index (χ1v) is 12.6. The number of hydrogen-bond acceptors (Lipinski definition) is 5. The van der Waals surface area contributed by atoms with E-state index < -0.39 is 17.7 Å². The van der Waals surface area contributed by atoms with Crippen molar-refractivity contribution < 1.29 is 24.2 Å². The van der Waals surface area contributed by atoms with Crippen LogP contribution in [0.2, 0.25) is 0 Å². The number of ketones is 1. The lowest BCUT2D eigenvalue weighted by atomic mass is 9.94. The quantitative estimate of drug-likeness (QED) is 0.157. The minimum atomic E-state index is -0.795. The van der Waals surface area contributed by atoms with E-state index in [1.54, 1.807) is 43.5 Å². The highest BCUT2D eigenvalue weighted by atomic mass is 16.5. The molecule has 37 heavy (non-hydrogen) atoms. The monoisotopic (exact) mass is 499 g/mol. The number of nitrogens with zero attached hydrogens (tertiary/aromatic N) is 1. The molecule has 1 aliphatic heterocycles. The van der Waals surface area contributed by atoms with Crippen LogP contribution < -0.4 is 14.4 Å². The normalized spacial score (nSPS) is 16.8. The van der Waals surface area contributed by atoms with Gasteiger partial charge in [0, 0.05) is 11.3 Å². The Hall–Kier alpha value is -4.06. The number of hydrogen-bond donors (Lipinski definition) is 1. The molecule has 1 aliphatic rings. The molecule has 1 N–H and O–H groups in total. The van der Waals surface area contributed by atoms with Crippen LogP contribution in [0.3, 0.4) is 0 Å². The summed E-state index contributed by atoms with van der Waals surface area (Å²) in [6, 6.07) is 19.1. The number of ether oxygens (including phenoxy) is 2. The average Bonchev–Trinajstić information content (AvgIpc) is 3.18. The van der Waals surface area contributed by atoms with Gasteiger partial charge in [0.15, 0.2) is 0 Å². The topological polar surface area (TPSA) is 76.1 Å². The third-order valence-electron chi connectivity index (χ3n) is 6.64. The maximum atomic E-state index is 13.4. The molecule has 0 aliphatic carbocycles. The van der Waals surface area contributed by atoms with Crippen molar-refractivity contribution in [3.8, 4) is 11.5 Å². The molecular weight excluding hydrogens is 466 g/mol. The van der Waals surface area contributed by atoms with Crippen LogP contribution in [0.1, 0.15) is 54.5 Å². The minimum absolute atomic E-state index is 0.0488. The molecule has 0 saturated carbocycles. The summed E-state index contributed by atoms with van der Waals surface area (Å²) in [6.45, 7) is 6.60. The second-order valence-electron chi connectivity index (χ2n) is 9.31. The number of aryl methyl sites for hydroxylation is 2. The summed E-state index contributed by atoms with van der Waals surface area (Å²) in [7, 11) is 1.58. The summed E-state index contributed by atoms with van der Waals surface area (Å²) in [4.78, 5) is 28.3. The summed E-state index contributed by atoms with van der Waals surface area (Å²) in [6.07, 6.45) is 3.19. The number of amides is 1. The second kappa shape index (κ2) is 11.3. The standard InChI is InChI=1S/C31H33NO5/c1-5-6-7-18-37-25-16-12-23(13-17-25)29(33)27-28(22-10-14-24(36-4)15-11-22)32(31(35)30(27)34)26-19-20(2)8-9-21(26)3/h8-17,19,28,33H,5-7,18H2,1-4H3/b29-27+. The maximum Gasteiger partial charge on any atom is 0.300 e. The lowest BCUT2D eigenvalue weighted by molar-refractivity contribution is -0.132. The zero-order valence-electron chi connectivity index (χ0n) is 21.8. The van der Waals surface area contributed by atoms with Crippen LogP contribution in [0.4, 0.5) is 5.69 Å². The Bertz CT molecular complexity index is 1310. The second-order valence-corrected chi connectivity index (χ2v) is 9.31. The fourth-order valence-corrected chi connectivity index (χ4v) is 4.57. The van der Waals surface area contributed by atoms with Crippen molar-refractivity contribution in [2.24, 2.45) is 0 Å². The fraction of sp³-hybridized carbons (Fsp3) is 0.290. The molecule has 1 saturated heterocycles. The number of carbonyl (C=O) groups is 2. The summed E-state index contributed by atoms with van der Waals surface area (Å²) < 4.78 is 11.1. The highest BCUT2D eigenvalue weighted by molar-refractivity contribution is 6.51. The predicted octanol–water partition coefficient (Wildman–Crippen LogP) is 6.51. The smallest absolute Gasteiger partial charge is 0.300 e. The van der Waals surface area contributed by atoms with Gasteiger partial charge in [-0.15, -0.1) is 0 Å². The Kier molecular flexibility index (Phi) is 7.97. The Morgan fingerprint density at radius 3 is 2.24 bits per heavy atom. The predicted molar refractivity (Wildman–Crippen MR) is 145 cm³/mol. The number of carbonyl (C=O) groups excluding carboxylic acids is 2. The van der Waals surface area contributed by atoms with Gasteiger partial charge in [-0.1, -0.05) is 44.0 Å². The first kappa shape index (κ1) is 26.0. The molecular formula is C31H33NO5. The molecule has 1 amide bonds. The van der Waals surface area contributed by atoms with Crippen molar-refractivity contribution in [1.29, 1.82) is 0 Å². The molecule has 0 bridgehead atoms. The van der Waals surface area contributed by atoms with Crippen LogP contribution in [-0.2, 0) is 9.59 Å². The van der Waals surface area contributed by atoms with Crippen molar-refractivity contribution in [3.05, 3.63) is 94.6 Å². The molecule has 3 aromatic rings. The van der Waals surface area contributed by atoms with Crippen molar-refractivity contribution in [3.63, 3.8) is 0 Å². The highest BCUT2D eigenvalue weighted by Crippen LogP contribution is 2.43. The maximum absolute atomic E-state index is 13.4. The highest BCUT2D eigenvalue weighted by Gasteiger charge is 2.47. The van der Waals surface area contributed by atoms with E-state index in [2.05, 4.69) is 6.92 Å². The number of rotatable bonds is 9. The van der Waals surface area contributed by atoms with Crippen LogP contribution >= 0.6 is 0 Å². The van der Waals surface area contributed by atoms with Crippen LogP contribution in [0.25, 0.3) is 5.76 Å². The summed E-state index contributed by atoms with van der Waals surface area (Å²) in [5.74, 6) is -0.271. The molecule has 4 rings (SSSR count). The molecule has 6 nitrogen and oxygen atoms in total. The van der Waals surface area contributed by atoms with Gasteiger partial charge in [-0.05, 0) is 79.4 Å². The molecule has 192 valence electrons. The van der Waals surface area contributed by atoms with E-state index in [-0.39, 0.29) is 11.3 Å². The van der Waals surface area contributed by atoms with Crippen molar-refractivity contribution >= 4 is 23.1 Å². The van der Waals surface area contributed by atoms with Crippen molar-refractivity contribution in [2.45, 2.75) is 46.1 Å². The van der Waals surface area contributed by atoms with Gasteiger partial charge in [0.1, 0.15) is 17.3 Å². The third-order valence-corrected chi connectivity index (χ3v) is 6.64. The van der Waals surface area contributed by atoms with E-state index in [9.17, 15) is 14.7 Å². The Balaban J connectivity index is 1.79. The Morgan fingerprint density at radius 2 is 1.59 bits per heavy atom. The molecule has 1 atom stereocenters. The van der Waals surface area contributed by atoms with E-state index in [0.29, 0.717) is 34.9 Å². The van der Waals surface area contributed by atoms with E-state index in [1.807, 2.05) is 44.2 Å². The van der Waals surface area contributed by atoms with Crippen molar-refractivity contribution in [1.82, 2.24) is 0 Å². The van der Waals surface area contributed by atoms with Gasteiger partial charge in [-0.2, -0.15) is 0 Å². The molecule has 1 unspecified atom stereocenters. The van der Waals surface area contributed by atoms with Crippen LogP contribution in [0.5, 0.6) is 11.5 Å². The van der Waals surface area contributed by atoms with E-state index in [1.165, 1.54) is 4.90 Å². The van der Waals surface area contributed by atoms with Gasteiger partial charge in [-0.3, -0.25) is 14.5 Å². The summed E-state index contributed by atoms with van der Waals surface area (Å²) in [5, 5.41) is 11.4. The molecule has 3 aromatic carbocycles. The van der Waals surface area contributed by atoms with Gasteiger partial charge in [0.25, 0.3) is 11.7 Å². The van der Waals surface area contributed by atoms with E-state index >= 15 is 0 Å². The molecule has 1 heterocycles. The number of benzene rings is 3. The summed E-state index contributed by atoms with van der Waals surface area (Å²) >= 11 is 0. The molecule has 0 aromatic heterocycles. The molecule has 6 heteroatoms. The van der Waals surface area contributed by atoms with Gasteiger partial charge < -0.3 is 14.6 Å². The summed E-state index contributed by atoms with van der Waals surface area (Å²) in [5.41, 5.74) is 3.64. The number of methoxy groups -OCH3 is 1. The van der Waals surface area contributed by atoms with Crippen molar-refractivity contribution in [2.75, 3.05) is 18.6 Å². The number of anilines is 1.